The minimum absolute atomic E-state index is 0.00354. The van der Waals surface area contributed by atoms with Crippen molar-refractivity contribution in [3.63, 3.8) is 0 Å². The average molecular weight is 612 g/mol. The normalized spacial score (nSPS) is 10.5. The Morgan fingerprint density at radius 2 is 1.20 bits per heavy atom. The van der Waals surface area contributed by atoms with E-state index < -0.39 is 23.8 Å². The van der Waals surface area contributed by atoms with E-state index in [9.17, 15) is 19.2 Å². The number of nitrogens with one attached hydrogen (secondary N) is 2. The Morgan fingerprint density at radius 1 is 0.644 bits per heavy atom. The van der Waals surface area contributed by atoms with Crippen LogP contribution in [0.25, 0.3) is 0 Å². The fourth-order valence-corrected chi connectivity index (χ4v) is 3.93. The van der Waals surface area contributed by atoms with E-state index in [4.69, 9.17) is 23.7 Å². The van der Waals surface area contributed by atoms with Gasteiger partial charge in [-0.05, 0) is 60.2 Å². The lowest BCUT2D eigenvalue weighted by Gasteiger charge is -2.14. The molecule has 0 fully saturated rings. The smallest absolute Gasteiger partial charge is 0.343 e. The molecule has 0 radical (unpaired) electrons. The van der Waals surface area contributed by atoms with Crippen molar-refractivity contribution in [1.82, 2.24) is 10.7 Å². The number of ether oxygens (including phenoxy) is 5. The summed E-state index contributed by atoms with van der Waals surface area (Å²) < 4.78 is 26.8. The number of carbonyl (C=O) groups is 4. The van der Waals surface area contributed by atoms with Crippen molar-refractivity contribution in [3.05, 3.63) is 113 Å². The second-order valence-electron chi connectivity index (χ2n) is 9.11. The molecule has 0 saturated heterocycles. The Kier molecular flexibility index (Phi) is 10.8. The summed E-state index contributed by atoms with van der Waals surface area (Å²) in [5.74, 6) is -1.63. The molecule has 0 saturated carbocycles. The van der Waals surface area contributed by atoms with Crippen LogP contribution in [0.15, 0.2) is 96.1 Å². The summed E-state index contributed by atoms with van der Waals surface area (Å²) in [6.45, 7) is -0.388. The number of benzene rings is 4. The van der Waals surface area contributed by atoms with Crippen molar-refractivity contribution in [2.45, 2.75) is 0 Å². The first-order valence-corrected chi connectivity index (χ1v) is 13.4. The van der Waals surface area contributed by atoms with Crippen LogP contribution in [-0.4, -0.2) is 57.8 Å². The molecule has 0 spiro atoms. The van der Waals surface area contributed by atoms with Crippen LogP contribution in [0.4, 0.5) is 0 Å². The zero-order valence-corrected chi connectivity index (χ0v) is 24.6. The van der Waals surface area contributed by atoms with Crippen LogP contribution in [0.2, 0.25) is 0 Å². The average Bonchev–Trinajstić information content (AvgIpc) is 3.08. The number of hydrogen-bond donors (Lipinski definition) is 2. The monoisotopic (exact) mass is 611 g/mol. The maximum Gasteiger partial charge on any atom is 0.343 e. The van der Waals surface area contributed by atoms with E-state index in [1.165, 1.54) is 51.8 Å². The van der Waals surface area contributed by atoms with E-state index in [0.717, 1.165) is 0 Å². The van der Waals surface area contributed by atoms with E-state index in [1.54, 1.807) is 66.7 Å². The van der Waals surface area contributed by atoms with Gasteiger partial charge in [-0.3, -0.25) is 9.59 Å². The number of rotatable bonds is 12. The van der Waals surface area contributed by atoms with Crippen LogP contribution >= 0.6 is 0 Å². The highest BCUT2D eigenvalue weighted by Gasteiger charge is 2.19. The summed E-state index contributed by atoms with van der Waals surface area (Å²) in [4.78, 5) is 50.4. The summed E-state index contributed by atoms with van der Waals surface area (Å²) in [7, 11) is 4.29. The van der Waals surface area contributed by atoms with Gasteiger partial charge in [-0.25, -0.2) is 15.0 Å². The van der Waals surface area contributed by atoms with E-state index in [0.29, 0.717) is 16.9 Å². The van der Waals surface area contributed by atoms with Gasteiger partial charge in [0, 0.05) is 5.56 Å². The summed E-state index contributed by atoms with van der Waals surface area (Å²) in [6.07, 6.45) is 1.29. The van der Waals surface area contributed by atoms with Crippen LogP contribution in [0, 0.1) is 0 Å². The van der Waals surface area contributed by atoms with Crippen LogP contribution in [0.3, 0.4) is 0 Å². The highest BCUT2D eigenvalue weighted by molar-refractivity contribution is 5.98. The lowest BCUT2D eigenvalue weighted by atomic mass is 10.1. The van der Waals surface area contributed by atoms with Gasteiger partial charge in [-0.15, -0.1) is 0 Å². The van der Waals surface area contributed by atoms with Crippen molar-refractivity contribution >= 4 is 30.0 Å². The molecule has 4 aromatic rings. The summed E-state index contributed by atoms with van der Waals surface area (Å²) in [6, 6.07) is 24.0. The highest BCUT2D eigenvalue weighted by Crippen LogP contribution is 2.38. The summed E-state index contributed by atoms with van der Waals surface area (Å²) >= 11 is 0. The molecule has 0 atom stereocenters. The molecule has 12 nitrogen and oxygen atoms in total. The largest absolute Gasteiger partial charge is 0.493 e. The number of nitrogens with zero attached hydrogens (tertiary/aromatic N) is 1. The second kappa shape index (κ2) is 15.3. The fraction of sp³-hybridized carbons (Fsp3) is 0.121. The van der Waals surface area contributed by atoms with Crippen LogP contribution < -0.4 is 34.4 Å². The van der Waals surface area contributed by atoms with Gasteiger partial charge >= 0.3 is 11.9 Å². The molecule has 0 aliphatic carbocycles. The quantitative estimate of drug-likeness (QED) is 0.105. The van der Waals surface area contributed by atoms with E-state index in [-0.39, 0.29) is 40.7 Å². The van der Waals surface area contributed by atoms with Crippen molar-refractivity contribution in [2.24, 2.45) is 5.10 Å². The molecular formula is C33H29N3O9. The number of hydrogen-bond acceptors (Lipinski definition) is 10. The molecule has 2 amide bonds. The third-order valence-corrected chi connectivity index (χ3v) is 6.13. The minimum Gasteiger partial charge on any atom is -0.493 e. The standard InChI is InChI=1S/C33H29N3O9/c1-41-27-17-24(18-28(42-2)30(27)43-3)31(38)34-20-29(37)36-35-19-21-14-15-25(44-32(39)22-10-6-4-7-11-22)26(16-21)45-33(40)23-12-8-5-9-13-23/h4-19H,20H2,1-3H3,(H,34,38)(H,36,37). The van der Waals surface area contributed by atoms with Crippen molar-refractivity contribution in [3.8, 4) is 28.7 Å². The van der Waals surface area contributed by atoms with E-state index >= 15 is 0 Å². The molecule has 4 rings (SSSR count). The zero-order valence-electron chi connectivity index (χ0n) is 24.6. The summed E-state index contributed by atoms with van der Waals surface area (Å²) in [5, 5.41) is 6.40. The summed E-state index contributed by atoms with van der Waals surface area (Å²) in [5.41, 5.74) is 3.50. The SMILES string of the molecule is COc1cc(C(=O)NCC(=O)NN=Cc2ccc(OC(=O)c3ccccc3)c(OC(=O)c3ccccc3)c2)cc(OC)c1OC. The van der Waals surface area contributed by atoms with Gasteiger partial charge < -0.3 is 29.0 Å². The molecular weight excluding hydrogens is 582 g/mol. The molecule has 0 aliphatic rings. The molecule has 0 aromatic heterocycles. The third kappa shape index (κ3) is 8.45. The lowest BCUT2D eigenvalue weighted by molar-refractivity contribution is -0.120. The molecule has 0 aliphatic heterocycles. The minimum atomic E-state index is -0.669. The number of esters is 2. The Hall–Kier alpha value is -6.17. The predicted octanol–water partition coefficient (Wildman–Crippen LogP) is 4.03. The maximum absolute atomic E-state index is 12.8. The lowest BCUT2D eigenvalue weighted by Crippen LogP contribution is -2.34. The topological polar surface area (TPSA) is 151 Å². The first-order chi connectivity index (χ1) is 21.8. The number of hydrazone groups is 1. The van der Waals surface area contributed by atoms with Gasteiger partial charge in [0.1, 0.15) is 0 Å². The van der Waals surface area contributed by atoms with Crippen molar-refractivity contribution in [2.75, 3.05) is 27.9 Å². The molecule has 0 unspecified atom stereocenters. The molecule has 45 heavy (non-hydrogen) atoms. The number of methoxy groups -OCH3 is 3. The van der Waals surface area contributed by atoms with Crippen LogP contribution in [-0.2, 0) is 4.79 Å². The zero-order chi connectivity index (χ0) is 32.2. The first-order valence-electron chi connectivity index (χ1n) is 13.4. The molecule has 12 heteroatoms. The van der Waals surface area contributed by atoms with E-state index in [2.05, 4.69) is 15.8 Å². The Labute approximate surface area is 258 Å². The molecule has 0 heterocycles. The molecule has 230 valence electrons. The highest BCUT2D eigenvalue weighted by atomic mass is 16.6. The van der Waals surface area contributed by atoms with Crippen LogP contribution in [0.1, 0.15) is 36.6 Å². The Balaban J connectivity index is 1.42. The van der Waals surface area contributed by atoms with Gasteiger partial charge in [-0.1, -0.05) is 36.4 Å². The molecule has 4 aromatic carbocycles. The van der Waals surface area contributed by atoms with Gasteiger partial charge in [0.05, 0.1) is 45.2 Å². The van der Waals surface area contributed by atoms with Gasteiger partial charge in [0.25, 0.3) is 11.8 Å². The Bertz CT molecular complexity index is 1680. The first kappa shape index (κ1) is 31.8. The third-order valence-electron chi connectivity index (χ3n) is 6.13. The Morgan fingerprint density at radius 3 is 1.73 bits per heavy atom. The molecule has 0 bridgehead atoms. The number of carbonyl (C=O) groups excluding carboxylic acids is 4. The predicted molar refractivity (Wildman–Crippen MR) is 163 cm³/mol. The fourth-order valence-electron chi connectivity index (χ4n) is 3.93. The van der Waals surface area contributed by atoms with Gasteiger partial charge in [0.2, 0.25) is 5.75 Å². The van der Waals surface area contributed by atoms with Gasteiger partial charge in [-0.2, -0.15) is 5.10 Å². The van der Waals surface area contributed by atoms with Crippen molar-refractivity contribution in [1.29, 1.82) is 0 Å². The van der Waals surface area contributed by atoms with Crippen molar-refractivity contribution < 1.29 is 42.9 Å². The maximum atomic E-state index is 12.8. The van der Waals surface area contributed by atoms with Gasteiger partial charge in [0.15, 0.2) is 23.0 Å². The van der Waals surface area contributed by atoms with E-state index in [1.807, 2.05) is 0 Å². The molecule has 2 N–H and O–H groups in total. The second-order valence-corrected chi connectivity index (χ2v) is 9.11. The van der Waals surface area contributed by atoms with Crippen LogP contribution in [0.5, 0.6) is 28.7 Å². The number of amides is 2.